The largest absolute Gasteiger partial charge is 0.524 e. The number of ether oxygens (including phenoxy) is 1. The smallest absolute Gasteiger partial charge is 0.414 e. The number of thioether (sulfide) groups is 1. The topological polar surface area (TPSA) is 60.4 Å². The van der Waals surface area contributed by atoms with E-state index >= 15 is 0 Å². The average molecular weight is 384 g/mol. The van der Waals surface area contributed by atoms with Crippen molar-refractivity contribution in [2.75, 3.05) is 12.3 Å². The summed E-state index contributed by atoms with van der Waals surface area (Å²) in [6.45, 7) is 7.49. The monoisotopic (exact) mass is 384 g/mol. The summed E-state index contributed by atoms with van der Waals surface area (Å²) in [6, 6.07) is -0.602. The fraction of sp³-hybridized carbons (Fsp3) is 0.812. The molecule has 0 spiro atoms. The van der Waals surface area contributed by atoms with Crippen molar-refractivity contribution in [1.82, 2.24) is 0 Å². The van der Waals surface area contributed by atoms with Crippen LogP contribution in [0.5, 0.6) is 0 Å². The third kappa shape index (κ3) is 5.20. The molecular formula is C16H25F3NO4S+. The predicted octanol–water partition coefficient (Wildman–Crippen LogP) is 3.91. The van der Waals surface area contributed by atoms with Crippen LogP contribution < -0.4 is 0 Å². The van der Waals surface area contributed by atoms with Gasteiger partial charge >= 0.3 is 18.2 Å². The Morgan fingerprint density at radius 3 is 2.16 bits per heavy atom. The normalized spacial score (nSPS) is 25.5. The van der Waals surface area contributed by atoms with Gasteiger partial charge in [-0.3, -0.25) is 4.79 Å². The number of carbonyl (C=O) groups excluding carboxylic acids is 3. The van der Waals surface area contributed by atoms with Crippen molar-refractivity contribution in [3.8, 4) is 0 Å². The number of nitrogens with zero attached hydrogens (tertiary/aromatic N) is 1. The highest BCUT2D eigenvalue weighted by atomic mass is 32.2. The van der Waals surface area contributed by atoms with E-state index in [2.05, 4.69) is 0 Å². The summed E-state index contributed by atoms with van der Waals surface area (Å²) in [4.78, 5) is 36.7. The van der Waals surface area contributed by atoms with Crippen LogP contribution in [0.2, 0.25) is 0 Å². The zero-order valence-electron chi connectivity index (χ0n) is 15.1. The number of imide groups is 1. The molecule has 144 valence electrons. The molecule has 0 radical (unpaired) electrons. The van der Waals surface area contributed by atoms with E-state index in [-0.39, 0.29) is 6.54 Å². The molecule has 1 heterocycles. The van der Waals surface area contributed by atoms with Crippen molar-refractivity contribution in [1.29, 1.82) is 0 Å². The van der Waals surface area contributed by atoms with Crippen LogP contribution in [-0.4, -0.2) is 51.7 Å². The number of halogens is 3. The van der Waals surface area contributed by atoms with Crippen LogP contribution in [0.1, 0.15) is 47.5 Å². The van der Waals surface area contributed by atoms with Crippen molar-refractivity contribution in [2.24, 2.45) is 5.92 Å². The van der Waals surface area contributed by atoms with Gasteiger partial charge < -0.3 is 4.74 Å². The molecule has 2 unspecified atom stereocenters. The third-order valence-electron chi connectivity index (χ3n) is 4.14. The fourth-order valence-electron chi connectivity index (χ4n) is 2.89. The molecule has 0 aromatic rings. The highest BCUT2D eigenvalue weighted by Gasteiger charge is 2.62. The summed E-state index contributed by atoms with van der Waals surface area (Å²) >= 11 is 0.436. The number of carbonyl (C=O) groups is 3. The van der Waals surface area contributed by atoms with Crippen LogP contribution in [0.4, 0.5) is 18.0 Å². The van der Waals surface area contributed by atoms with E-state index < -0.39 is 51.1 Å². The summed E-state index contributed by atoms with van der Waals surface area (Å²) in [6.07, 6.45) is -4.88. The molecule has 9 heteroatoms. The number of rotatable bonds is 3. The average Bonchev–Trinajstić information content (AvgIpc) is 2.77. The number of alkyl halides is 3. The Balaban J connectivity index is 3.26. The Hall–Kier alpha value is -1.09. The molecule has 0 aromatic heterocycles. The van der Waals surface area contributed by atoms with E-state index in [0.29, 0.717) is 24.6 Å². The number of hydrogen-bond acceptors (Lipinski definition) is 5. The van der Waals surface area contributed by atoms with Crippen LogP contribution in [0.15, 0.2) is 0 Å². The Bertz CT molecular complexity index is 544. The number of hydrogen-bond donors (Lipinski definition) is 0. The van der Waals surface area contributed by atoms with E-state index in [4.69, 9.17) is 4.74 Å². The first-order chi connectivity index (χ1) is 11.2. The summed E-state index contributed by atoms with van der Waals surface area (Å²) in [7, 11) is 0. The maximum absolute atomic E-state index is 13.5. The van der Waals surface area contributed by atoms with Gasteiger partial charge in [-0.1, -0.05) is 11.8 Å². The second-order valence-electron chi connectivity index (χ2n) is 7.30. The number of likely N-dealkylation sites (tertiary alicyclic amines) is 1. The molecule has 5 nitrogen and oxygen atoms in total. The van der Waals surface area contributed by atoms with Gasteiger partial charge in [0.05, 0.1) is 6.54 Å². The van der Waals surface area contributed by atoms with Gasteiger partial charge in [-0.2, -0.15) is 22.4 Å². The molecule has 3 atom stereocenters. The van der Waals surface area contributed by atoms with E-state index in [0.717, 1.165) is 6.92 Å². The molecule has 25 heavy (non-hydrogen) atoms. The van der Waals surface area contributed by atoms with Gasteiger partial charge in [-0.25, -0.2) is 4.79 Å². The molecule has 1 aliphatic rings. The lowest BCUT2D eigenvalue weighted by Crippen LogP contribution is -2.64. The van der Waals surface area contributed by atoms with Crippen LogP contribution >= 0.6 is 11.8 Å². The zero-order chi connectivity index (χ0) is 19.6. The van der Waals surface area contributed by atoms with Crippen molar-refractivity contribution >= 4 is 28.9 Å². The van der Waals surface area contributed by atoms with E-state index in [9.17, 15) is 27.6 Å². The lowest BCUT2D eigenvalue weighted by Gasteiger charge is -2.36. The van der Waals surface area contributed by atoms with Crippen LogP contribution in [0.25, 0.3) is 0 Å². The van der Waals surface area contributed by atoms with Crippen molar-refractivity contribution in [3.05, 3.63) is 0 Å². The lowest BCUT2D eigenvalue weighted by molar-refractivity contribution is -0.796. The zero-order valence-corrected chi connectivity index (χ0v) is 15.9. The first-order valence-electron chi connectivity index (χ1n) is 8.07. The first-order valence-corrected chi connectivity index (χ1v) is 9.06. The maximum atomic E-state index is 13.5. The maximum Gasteiger partial charge on any atom is 0.524 e. The Kier molecular flexibility index (Phi) is 6.72. The van der Waals surface area contributed by atoms with Gasteiger partial charge in [0.25, 0.3) is 0 Å². The van der Waals surface area contributed by atoms with Crippen LogP contribution in [-0.2, 0) is 14.3 Å². The predicted molar refractivity (Wildman–Crippen MR) is 87.7 cm³/mol. The number of quaternary nitrogens is 1. The molecule has 1 aliphatic heterocycles. The molecule has 1 saturated heterocycles. The Morgan fingerprint density at radius 1 is 1.24 bits per heavy atom. The molecule has 0 aliphatic carbocycles. The highest BCUT2D eigenvalue weighted by Crippen LogP contribution is 2.38. The second-order valence-corrected chi connectivity index (χ2v) is 8.50. The van der Waals surface area contributed by atoms with Gasteiger partial charge in [0.1, 0.15) is 11.6 Å². The quantitative estimate of drug-likeness (QED) is 0.691. The van der Waals surface area contributed by atoms with Crippen LogP contribution in [0, 0.1) is 5.92 Å². The summed E-state index contributed by atoms with van der Waals surface area (Å²) in [5.74, 6) is -4.36. The first kappa shape index (κ1) is 22.0. The molecule has 1 fully saturated rings. The molecule has 0 bridgehead atoms. The summed E-state index contributed by atoms with van der Waals surface area (Å²) in [5.41, 5.74) is -0.924. The summed E-state index contributed by atoms with van der Waals surface area (Å²) in [5, 5.41) is -0.514. The minimum absolute atomic E-state index is 0.0216. The summed E-state index contributed by atoms with van der Waals surface area (Å²) < 4.78 is 44.7. The van der Waals surface area contributed by atoms with Gasteiger partial charge in [0.15, 0.2) is 11.0 Å². The van der Waals surface area contributed by atoms with E-state index in [1.807, 2.05) is 0 Å². The SMILES string of the molecule is CC(=O)SCC(C(=O)[N+]1(C(=O)OC(C)(C)C)CCC[C@H]1C)C(F)(F)F. The standard InChI is InChI=1S/C16H25F3NO4S/c1-10-7-6-8-20(10,14(23)24-15(3,4)5)13(22)12(16(17,18)19)9-25-11(2)21/h10,12H,6-9H2,1-5H3/q+1/t10-,12?,20?/m1/s1. The van der Waals surface area contributed by atoms with Gasteiger partial charge in [0.2, 0.25) is 0 Å². The molecule has 0 saturated carbocycles. The van der Waals surface area contributed by atoms with Gasteiger partial charge in [-0.05, 0) is 27.7 Å². The van der Waals surface area contributed by atoms with Gasteiger partial charge in [-0.15, -0.1) is 0 Å². The minimum atomic E-state index is -4.84. The Morgan fingerprint density at radius 2 is 1.80 bits per heavy atom. The van der Waals surface area contributed by atoms with Crippen molar-refractivity contribution in [2.45, 2.75) is 65.3 Å². The van der Waals surface area contributed by atoms with Crippen molar-refractivity contribution in [3.63, 3.8) is 0 Å². The third-order valence-corrected chi connectivity index (χ3v) is 5.05. The number of amides is 2. The molecule has 1 rings (SSSR count). The minimum Gasteiger partial charge on any atom is -0.414 e. The molecule has 2 amide bonds. The van der Waals surface area contributed by atoms with Crippen LogP contribution in [0.3, 0.4) is 0 Å². The molecule has 0 aromatic carbocycles. The molecular weight excluding hydrogens is 359 g/mol. The van der Waals surface area contributed by atoms with E-state index in [1.54, 1.807) is 27.7 Å². The second kappa shape index (κ2) is 7.65. The molecule has 0 N–H and O–H groups in total. The van der Waals surface area contributed by atoms with Crippen molar-refractivity contribution < 1.29 is 36.8 Å². The fourth-order valence-corrected chi connectivity index (χ4v) is 3.63. The lowest BCUT2D eigenvalue weighted by atomic mass is 10.1. The van der Waals surface area contributed by atoms with Gasteiger partial charge in [0, 0.05) is 25.5 Å². The highest BCUT2D eigenvalue weighted by molar-refractivity contribution is 8.13. The van der Waals surface area contributed by atoms with E-state index in [1.165, 1.54) is 0 Å². The Labute approximate surface area is 149 Å².